The number of amides is 1. The molecule has 1 atom stereocenters. The minimum Gasteiger partial charge on any atom is -0.496 e. The van der Waals surface area contributed by atoms with Crippen molar-refractivity contribution in [1.29, 1.82) is 0 Å². The van der Waals surface area contributed by atoms with Crippen LogP contribution in [0.5, 0.6) is 5.75 Å². The van der Waals surface area contributed by atoms with E-state index < -0.39 is 0 Å². The average Bonchev–Trinajstić information content (AvgIpc) is 2.82. The number of hydrogen-bond acceptors (Lipinski definition) is 3. The Hall–Kier alpha value is -3.11. The maximum absolute atomic E-state index is 13.1. The molecule has 0 aromatic heterocycles. The van der Waals surface area contributed by atoms with Crippen LogP contribution in [0.1, 0.15) is 38.7 Å². The second-order valence-corrected chi connectivity index (χ2v) is 8.20. The summed E-state index contributed by atoms with van der Waals surface area (Å²) in [5.74, 6) is 0.674. The molecule has 1 unspecified atom stereocenters. The lowest BCUT2D eigenvalue weighted by molar-refractivity contribution is 0.0594. The van der Waals surface area contributed by atoms with Crippen LogP contribution in [0.25, 0.3) is 0 Å². The number of aryl methyl sites for hydroxylation is 2. The van der Waals surface area contributed by atoms with Gasteiger partial charge in [-0.15, -0.1) is 0 Å². The number of hydrogen-bond donors (Lipinski definition) is 0. The Morgan fingerprint density at radius 3 is 2.26 bits per heavy atom. The van der Waals surface area contributed by atoms with Crippen molar-refractivity contribution in [3.8, 4) is 5.75 Å². The number of carbonyl (C=O) groups excluding carboxylic acids is 1. The van der Waals surface area contributed by atoms with Crippen LogP contribution in [0.2, 0.25) is 0 Å². The molecule has 0 spiro atoms. The number of ether oxygens (including phenoxy) is 1. The van der Waals surface area contributed by atoms with Crippen molar-refractivity contribution < 1.29 is 9.53 Å². The molecule has 0 aliphatic carbocycles. The monoisotopic (exact) mass is 414 g/mol. The van der Waals surface area contributed by atoms with E-state index in [0.717, 1.165) is 13.1 Å². The van der Waals surface area contributed by atoms with Crippen LogP contribution in [0, 0.1) is 13.8 Å². The molecule has 160 valence electrons. The van der Waals surface area contributed by atoms with Gasteiger partial charge in [-0.2, -0.15) is 0 Å². The zero-order chi connectivity index (χ0) is 21.8. The fourth-order valence-electron chi connectivity index (χ4n) is 4.45. The van der Waals surface area contributed by atoms with E-state index in [2.05, 4.69) is 67.3 Å². The van der Waals surface area contributed by atoms with Gasteiger partial charge in [-0.25, -0.2) is 0 Å². The summed E-state index contributed by atoms with van der Waals surface area (Å²) in [7, 11) is 1.61. The first-order valence-corrected chi connectivity index (χ1v) is 10.9. The van der Waals surface area contributed by atoms with Gasteiger partial charge in [0.15, 0.2) is 0 Å². The number of para-hydroxylation sites is 1. The van der Waals surface area contributed by atoms with Crippen molar-refractivity contribution >= 4 is 5.91 Å². The molecule has 0 radical (unpaired) electrons. The number of piperazine rings is 1. The zero-order valence-corrected chi connectivity index (χ0v) is 18.5. The van der Waals surface area contributed by atoms with E-state index in [1.807, 2.05) is 29.2 Å². The lowest BCUT2D eigenvalue weighted by Gasteiger charge is -2.40. The third-order valence-electron chi connectivity index (χ3n) is 6.15. The molecule has 1 aliphatic heterocycles. The maximum atomic E-state index is 13.1. The van der Waals surface area contributed by atoms with Gasteiger partial charge in [-0.1, -0.05) is 66.2 Å². The lowest BCUT2D eigenvalue weighted by Crippen LogP contribution is -2.50. The second-order valence-electron chi connectivity index (χ2n) is 8.20. The second kappa shape index (κ2) is 9.36. The topological polar surface area (TPSA) is 32.8 Å². The van der Waals surface area contributed by atoms with Crippen LogP contribution in [0.3, 0.4) is 0 Å². The van der Waals surface area contributed by atoms with Crippen LogP contribution < -0.4 is 4.74 Å². The van der Waals surface area contributed by atoms with Gasteiger partial charge in [0.1, 0.15) is 5.75 Å². The van der Waals surface area contributed by atoms with E-state index in [9.17, 15) is 4.79 Å². The van der Waals surface area contributed by atoms with E-state index >= 15 is 0 Å². The first-order valence-electron chi connectivity index (χ1n) is 10.9. The maximum Gasteiger partial charge on any atom is 0.257 e. The van der Waals surface area contributed by atoms with Gasteiger partial charge >= 0.3 is 0 Å². The Labute approximate surface area is 185 Å². The van der Waals surface area contributed by atoms with Crippen LogP contribution in [0.4, 0.5) is 0 Å². The van der Waals surface area contributed by atoms with Gasteiger partial charge < -0.3 is 9.64 Å². The number of benzene rings is 3. The van der Waals surface area contributed by atoms with Gasteiger partial charge in [-0.05, 0) is 42.7 Å². The molecule has 1 saturated heterocycles. The quantitative estimate of drug-likeness (QED) is 0.598. The minimum atomic E-state index is 0.0418. The molecule has 1 amide bonds. The molecule has 1 fully saturated rings. The van der Waals surface area contributed by atoms with Crippen molar-refractivity contribution in [2.24, 2.45) is 0 Å². The summed E-state index contributed by atoms with van der Waals surface area (Å²) >= 11 is 0. The minimum absolute atomic E-state index is 0.0418. The van der Waals surface area contributed by atoms with E-state index in [1.165, 1.54) is 22.3 Å². The number of methoxy groups -OCH3 is 1. The van der Waals surface area contributed by atoms with E-state index in [-0.39, 0.29) is 11.9 Å². The first kappa shape index (κ1) is 21.1. The summed E-state index contributed by atoms with van der Waals surface area (Å²) in [6.07, 6.45) is 0. The predicted molar refractivity (Wildman–Crippen MR) is 125 cm³/mol. The number of nitrogens with zero attached hydrogens (tertiary/aromatic N) is 2. The summed E-state index contributed by atoms with van der Waals surface area (Å²) < 4.78 is 5.40. The highest BCUT2D eigenvalue weighted by Gasteiger charge is 2.30. The Kier molecular flexibility index (Phi) is 6.38. The smallest absolute Gasteiger partial charge is 0.257 e. The van der Waals surface area contributed by atoms with Gasteiger partial charge in [0.25, 0.3) is 5.91 Å². The molecule has 4 heteroatoms. The number of carbonyl (C=O) groups is 1. The molecule has 4 nitrogen and oxygen atoms in total. The van der Waals surface area contributed by atoms with Crippen LogP contribution in [-0.2, 0) is 0 Å². The Bertz CT molecular complexity index is 1040. The van der Waals surface area contributed by atoms with Crippen LogP contribution in [0.15, 0.2) is 72.8 Å². The largest absolute Gasteiger partial charge is 0.496 e. The fourth-order valence-corrected chi connectivity index (χ4v) is 4.45. The summed E-state index contributed by atoms with van der Waals surface area (Å²) in [6, 6.07) is 25.0. The van der Waals surface area contributed by atoms with E-state index in [0.29, 0.717) is 24.4 Å². The molecule has 0 N–H and O–H groups in total. The van der Waals surface area contributed by atoms with Gasteiger partial charge in [0, 0.05) is 26.2 Å². The Balaban J connectivity index is 1.57. The van der Waals surface area contributed by atoms with E-state index in [4.69, 9.17) is 4.74 Å². The highest BCUT2D eigenvalue weighted by atomic mass is 16.5. The highest BCUT2D eigenvalue weighted by molar-refractivity contribution is 5.97. The molecular weight excluding hydrogens is 384 g/mol. The van der Waals surface area contributed by atoms with Crippen molar-refractivity contribution in [3.63, 3.8) is 0 Å². The highest BCUT2D eigenvalue weighted by Crippen LogP contribution is 2.32. The standard InChI is InChI=1S/C27H30N2O2/c1-20-13-14-21(2)24(19-20)26(22-9-5-4-6-10-22)28-15-17-29(18-16-28)27(30)23-11-7-8-12-25(23)31-3/h4-14,19,26H,15-18H2,1-3H3. The molecule has 3 aromatic rings. The normalized spacial score (nSPS) is 15.5. The third-order valence-corrected chi connectivity index (χ3v) is 6.15. The molecule has 0 saturated carbocycles. The van der Waals surface area contributed by atoms with Crippen LogP contribution >= 0.6 is 0 Å². The molecule has 1 heterocycles. The van der Waals surface area contributed by atoms with Crippen molar-refractivity contribution in [3.05, 3.63) is 101 Å². The molecule has 1 aliphatic rings. The van der Waals surface area contributed by atoms with Crippen molar-refractivity contribution in [2.45, 2.75) is 19.9 Å². The van der Waals surface area contributed by atoms with Crippen LogP contribution in [-0.4, -0.2) is 49.0 Å². The summed E-state index contributed by atoms with van der Waals surface area (Å²) in [4.78, 5) is 17.6. The Morgan fingerprint density at radius 1 is 0.871 bits per heavy atom. The first-order chi connectivity index (χ1) is 15.1. The molecule has 31 heavy (non-hydrogen) atoms. The lowest BCUT2D eigenvalue weighted by atomic mass is 9.92. The predicted octanol–water partition coefficient (Wildman–Crippen LogP) is 4.86. The summed E-state index contributed by atoms with van der Waals surface area (Å²) in [6.45, 7) is 7.39. The average molecular weight is 415 g/mol. The third kappa shape index (κ3) is 4.49. The fraction of sp³-hybridized carbons (Fsp3) is 0.296. The molecule has 4 rings (SSSR count). The van der Waals surface area contributed by atoms with Crippen molar-refractivity contribution in [2.75, 3.05) is 33.3 Å². The molecular formula is C27H30N2O2. The van der Waals surface area contributed by atoms with Gasteiger partial charge in [0.05, 0.1) is 18.7 Å². The number of rotatable bonds is 5. The van der Waals surface area contributed by atoms with E-state index in [1.54, 1.807) is 7.11 Å². The SMILES string of the molecule is COc1ccccc1C(=O)N1CCN(C(c2ccccc2)c2cc(C)ccc2C)CC1. The molecule has 3 aromatic carbocycles. The van der Waals surface area contributed by atoms with Crippen molar-refractivity contribution in [1.82, 2.24) is 9.80 Å². The summed E-state index contributed by atoms with van der Waals surface area (Å²) in [5, 5.41) is 0. The van der Waals surface area contributed by atoms with Gasteiger partial charge in [0.2, 0.25) is 0 Å². The zero-order valence-electron chi connectivity index (χ0n) is 18.5. The molecule has 0 bridgehead atoms. The van der Waals surface area contributed by atoms with Gasteiger partial charge in [-0.3, -0.25) is 9.69 Å². The summed E-state index contributed by atoms with van der Waals surface area (Å²) in [5.41, 5.74) is 5.84. The Morgan fingerprint density at radius 2 is 1.55 bits per heavy atom.